The predicted molar refractivity (Wildman–Crippen MR) is 99.9 cm³/mol. The zero-order chi connectivity index (χ0) is 18.5. The number of nitrogens with zero attached hydrogens (tertiary/aromatic N) is 6. The molecule has 1 aliphatic heterocycles. The molecule has 0 N–H and O–H groups in total. The van der Waals surface area contributed by atoms with Crippen LogP contribution >= 0.6 is 0 Å². The van der Waals surface area contributed by atoms with E-state index < -0.39 is 0 Å². The van der Waals surface area contributed by atoms with Gasteiger partial charge in [0.15, 0.2) is 0 Å². The minimum atomic E-state index is 0.120. The Morgan fingerprint density at radius 3 is 2.69 bits per heavy atom. The molecule has 0 saturated carbocycles. The van der Waals surface area contributed by atoms with Crippen LogP contribution in [0.4, 0.5) is 0 Å². The normalized spacial score (nSPS) is 15.6. The van der Waals surface area contributed by atoms with Crippen LogP contribution in [0.5, 0.6) is 0 Å². The Hall–Kier alpha value is -2.18. The van der Waals surface area contributed by atoms with Crippen LogP contribution in [0.3, 0.4) is 0 Å². The first-order chi connectivity index (χ1) is 12.6. The number of hydrogen-bond acceptors (Lipinski definition) is 4. The van der Waals surface area contributed by atoms with Crippen LogP contribution in [0.1, 0.15) is 61.3 Å². The lowest BCUT2D eigenvalue weighted by Crippen LogP contribution is -2.39. The van der Waals surface area contributed by atoms with E-state index in [0.29, 0.717) is 5.92 Å². The standard InChI is InChI=1S/C19H30N6O/c1-4-6-17-14-24(22-21-17)13-16-7-10-23(11-8-16)19(26)18-12-20-25(9-5-2)15(18)3/h12,14,16H,4-11,13H2,1-3H3. The number of likely N-dealkylation sites (tertiary alicyclic amines) is 1. The quantitative estimate of drug-likeness (QED) is 0.763. The van der Waals surface area contributed by atoms with Gasteiger partial charge in [-0.25, -0.2) is 0 Å². The molecular formula is C19H30N6O. The number of rotatable bonds is 7. The van der Waals surface area contributed by atoms with Crippen molar-refractivity contribution in [3.05, 3.63) is 29.3 Å². The molecule has 0 spiro atoms. The summed E-state index contributed by atoms with van der Waals surface area (Å²) in [5, 5.41) is 12.8. The van der Waals surface area contributed by atoms with Crippen LogP contribution in [-0.2, 0) is 19.5 Å². The molecule has 7 heteroatoms. The zero-order valence-corrected chi connectivity index (χ0v) is 16.2. The second-order valence-electron chi connectivity index (χ2n) is 7.28. The van der Waals surface area contributed by atoms with Crippen molar-refractivity contribution >= 4 is 5.91 Å². The molecule has 0 aromatic carbocycles. The number of carbonyl (C=O) groups excluding carboxylic acids is 1. The van der Waals surface area contributed by atoms with Gasteiger partial charge >= 0.3 is 0 Å². The van der Waals surface area contributed by atoms with Crippen molar-refractivity contribution in [1.82, 2.24) is 29.7 Å². The van der Waals surface area contributed by atoms with Crippen molar-refractivity contribution in [3.8, 4) is 0 Å². The van der Waals surface area contributed by atoms with Crippen molar-refractivity contribution < 1.29 is 4.79 Å². The maximum Gasteiger partial charge on any atom is 0.257 e. The molecule has 0 bridgehead atoms. The van der Waals surface area contributed by atoms with Gasteiger partial charge in [-0.15, -0.1) is 5.10 Å². The van der Waals surface area contributed by atoms with Gasteiger partial charge in [-0.3, -0.25) is 14.2 Å². The van der Waals surface area contributed by atoms with Gasteiger partial charge in [0.2, 0.25) is 0 Å². The smallest absolute Gasteiger partial charge is 0.257 e. The predicted octanol–water partition coefficient (Wildman–Crippen LogP) is 2.70. The Morgan fingerprint density at radius 1 is 1.23 bits per heavy atom. The van der Waals surface area contributed by atoms with E-state index in [9.17, 15) is 4.79 Å². The summed E-state index contributed by atoms with van der Waals surface area (Å²) in [6, 6.07) is 0. The number of aromatic nitrogens is 5. The largest absolute Gasteiger partial charge is 0.339 e. The van der Waals surface area contributed by atoms with Crippen LogP contribution in [-0.4, -0.2) is 48.7 Å². The Balaban J connectivity index is 1.53. The van der Waals surface area contributed by atoms with E-state index in [1.807, 2.05) is 21.2 Å². The van der Waals surface area contributed by atoms with Crippen LogP contribution in [0.2, 0.25) is 0 Å². The molecule has 0 radical (unpaired) electrons. The molecule has 2 aromatic rings. The van der Waals surface area contributed by atoms with E-state index in [1.54, 1.807) is 6.20 Å². The Kier molecular flexibility index (Phi) is 6.06. The first kappa shape index (κ1) is 18.6. The summed E-state index contributed by atoms with van der Waals surface area (Å²) >= 11 is 0. The Labute approximate surface area is 155 Å². The average Bonchev–Trinajstić information content (AvgIpc) is 3.23. The van der Waals surface area contributed by atoms with Gasteiger partial charge in [0, 0.05) is 38.1 Å². The number of carbonyl (C=O) groups is 1. The molecule has 26 heavy (non-hydrogen) atoms. The first-order valence-electron chi connectivity index (χ1n) is 9.83. The number of hydrogen-bond donors (Lipinski definition) is 0. The third-order valence-electron chi connectivity index (χ3n) is 5.21. The third-order valence-corrected chi connectivity index (χ3v) is 5.21. The highest BCUT2D eigenvalue weighted by molar-refractivity contribution is 5.95. The van der Waals surface area contributed by atoms with Gasteiger partial charge in [0.05, 0.1) is 17.5 Å². The molecule has 1 fully saturated rings. The Bertz CT molecular complexity index is 726. The molecule has 3 rings (SSSR count). The van der Waals surface area contributed by atoms with Crippen LogP contribution < -0.4 is 0 Å². The number of amides is 1. The van der Waals surface area contributed by atoms with E-state index >= 15 is 0 Å². The maximum atomic E-state index is 12.8. The van der Waals surface area contributed by atoms with Crippen molar-refractivity contribution in [3.63, 3.8) is 0 Å². The molecule has 1 amide bonds. The SMILES string of the molecule is CCCc1cn(CC2CCN(C(=O)c3cnn(CCC)c3C)CC2)nn1. The summed E-state index contributed by atoms with van der Waals surface area (Å²) in [6.07, 6.45) is 8.90. The molecule has 1 saturated heterocycles. The molecular weight excluding hydrogens is 328 g/mol. The highest BCUT2D eigenvalue weighted by atomic mass is 16.2. The summed E-state index contributed by atoms with van der Waals surface area (Å²) in [7, 11) is 0. The lowest BCUT2D eigenvalue weighted by Gasteiger charge is -2.31. The molecule has 3 heterocycles. The van der Waals surface area contributed by atoms with Gasteiger partial charge in [0.1, 0.15) is 0 Å². The third kappa shape index (κ3) is 4.14. The molecule has 1 aliphatic rings. The van der Waals surface area contributed by atoms with Gasteiger partial charge in [-0.05, 0) is 38.5 Å². The van der Waals surface area contributed by atoms with E-state index in [-0.39, 0.29) is 5.91 Å². The fraction of sp³-hybridized carbons (Fsp3) is 0.684. The number of piperidine rings is 1. The monoisotopic (exact) mass is 358 g/mol. The summed E-state index contributed by atoms with van der Waals surface area (Å²) in [4.78, 5) is 14.8. The fourth-order valence-corrected chi connectivity index (χ4v) is 3.65. The minimum Gasteiger partial charge on any atom is -0.339 e. The minimum absolute atomic E-state index is 0.120. The van der Waals surface area contributed by atoms with Gasteiger partial charge < -0.3 is 4.90 Å². The topological polar surface area (TPSA) is 68.8 Å². The van der Waals surface area contributed by atoms with E-state index in [4.69, 9.17) is 0 Å². The van der Waals surface area contributed by atoms with Crippen molar-refractivity contribution in [2.24, 2.45) is 5.92 Å². The first-order valence-corrected chi connectivity index (χ1v) is 9.83. The summed E-state index contributed by atoms with van der Waals surface area (Å²) in [5.74, 6) is 0.674. The average molecular weight is 358 g/mol. The Morgan fingerprint density at radius 2 is 2.00 bits per heavy atom. The van der Waals surface area contributed by atoms with Crippen molar-refractivity contribution in [2.45, 2.75) is 66.0 Å². The number of aryl methyl sites for hydroxylation is 2. The van der Waals surface area contributed by atoms with Gasteiger partial charge in [-0.1, -0.05) is 25.5 Å². The lowest BCUT2D eigenvalue weighted by atomic mass is 9.96. The molecule has 0 atom stereocenters. The highest BCUT2D eigenvalue weighted by Crippen LogP contribution is 2.21. The second-order valence-corrected chi connectivity index (χ2v) is 7.28. The zero-order valence-electron chi connectivity index (χ0n) is 16.2. The van der Waals surface area contributed by atoms with Crippen LogP contribution in [0.25, 0.3) is 0 Å². The van der Waals surface area contributed by atoms with Crippen LogP contribution in [0, 0.1) is 12.8 Å². The fourth-order valence-electron chi connectivity index (χ4n) is 3.65. The van der Waals surface area contributed by atoms with E-state index in [1.165, 1.54) is 0 Å². The maximum absolute atomic E-state index is 12.8. The van der Waals surface area contributed by atoms with E-state index in [0.717, 1.165) is 75.2 Å². The van der Waals surface area contributed by atoms with E-state index in [2.05, 4.69) is 35.5 Å². The van der Waals surface area contributed by atoms with Gasteiger partial charge in [0.25, 0.3) is 5.91 Å². The highest BCUT2D eigenvalue weighted by Gasteiger charge is 2.26. The molecule has 0 unspecified atom stereocenters. The van der Waals surface area contributed by atoms with Gasteiger partial charge in [-0.2, -0.15) is 5.10 Å². The molecule has 2 aromatic heterocycles. The van der Waals surface area contributed by atoms with Crippen molar-refractivity contribution in [2.75, 3.05) is 13.1 Å². The molecule has 0 aliphatic carbocycles. The summed E-state index contributed by atoms with van der Waals surface area (Å²) in [6.45, 7) is 9.62. The molecule has 7 nitrogen and oxygen atoms in total. The summed E-state index contributed by atoms with van der Waals surface area (Å²) in [5.41, 5.74) is 2.79. The van der Waals surface area contributed by atoms with Crippen LogP contribution in [0.15, 0.2) is 12.4 Å². The molecule has 142 valence electrons. The second kappa shape index (κ2) is 8.47. The lowest BCUT2D eigenvalue weighted by molar-refractivity contribution is 0.0680. The van der Waals surface area contributed by atoms with Crippen molar-refractivity contribution in [1.29, 1.82) is 0 Å². The summed E-state index contributed by atoms with van der Waals surface area (Å²) < 4.78 is 3.89.